The van der Waals surface area contributed by atoms with Gasteiger partial charge in [0, 0.05) is 32.6 Å². The van der Waals surface area contributed by atoms with Gasteiger partial charge in [-0.3, -0.25) is 4.79 Å². The summed E-state index contributed by atoms with van der Waals surface area (Å²) in [5.74, 6) is -0.186. The molecule has 0 radical (unpaired) electrons. The third-order valence-electron chi connectivity index (χ3n) is 2.38. The van der Waals surface area contributed by atoms with Gasteiger partial charge >= 0.3 is 0 Å². The van der Waals surface area contributed by atoms with Crippen LogP contribution in [0.2, 0.25) is 0 Å². The van der Waals surface area contributed by atoms with Gasteiger partial charge < -0.3 is 0 Å². The van der Waals surface area contributed by atoms with Crippen molar-refractivity contribution in [3.8, 4) is 0 Å². The Balaban J connectivity index is 2.47. The maximum atomic E-state index is 12.2. The molecule has 3 nitrogen and oxygen atoms in total. The van der Waals surface area contributed by atoms with Gasteiger partial charge in [-0.25, -0.2) is 8.42 Å². The van der Waals surface area contributed by atoms with Gasteiger partial charge in [0.1, 0.15) is 0 Å². The summed E-state index contributed by atoms with van der Waals surface area (Å²) in [6, 6.07) is 6.07. The summed E-state index contributed by atoms with van der Waals surface area (Å²) in [4.78, 5) is 12.3. The summed E-state index contributed by atoms with van der Waals surface area (Å²) in [6.45, 7) is 0. The molecular formula is C12H9BrO3S2. The first-order valence-corrected chi connectivity index (χ1v) is 8.59. The van der Waals surface area contributed by atoms with E-state index < -0.39 is 9.84 Å². The molecule has 0 unspecified atom stereocenters. The lowest BCUT2D eigenvalue weighted by atomic mass is 10.1. The topological polar surface area (TPSA) is 51.2 Å². The Morgan fingerprint density at radius 2 is 2.00 bits per heavy atom. The number of benzene rings is 1. The fourth-order valence-electron chi connectivity index (χ4n) is 1.47. The fourth-order valence-corrected chi connectivity index (χ4v) is 3.59. The highest BCUT2D eigenvalue weighted by Crippen LogP contribution is 2.24. The number of carbonyl (C=O) groups excluding carboxylic acids is 1. The summed E-state index contributed by atoms with van der Waals surface area (Å²) in [7, 11) is -3.30. The number of hydrogen-bond acceptors (Lipinski definition) is 4. The molecule has 0 amide bonds. The molecule has 0 aliphatic heterocycles. The average Bonchev–Trinajstić information content (AvgIpc) is 2.73. The fraction of sp³-hybridized carbons (Fsp3) is 0.0833. The monoisotopic (exact) mass is 344 g/mol. The van der Waals surface area contributed by atoms with Crippen molar-refractivity contribution in [2.24, 2.45) is 0 Å². The highest BCUT2D eigenvalue weighted by molar-refractivity contribution is 9.10. The third kappa shape index (κ3) is 2.71. The minimum Gasteiger partial charge on any atom is -0.289 e. The maximum absolute atomic E-state index is 12.2. The molecule has 94 valence electrons. The van der Waals surface area contributed by atoms with E-state index in [0.717, 1.165) is 10.7 Å². The lowest BCUT2D eigenvalue weighted by Crippen LogP contribution is -2.03. The van der Waals surface area contributed by atoms with E-state index >= 15 is 0 Å². The van der Waals surface area contributed by atoms with Crippen LogP contribution in [0.15, 0.2) is 44.4 Å². The Morgan fingerprint density at radius 3 is 2.56 bits per heavy atom. The van der Waals surface area contributed by atoms with Gasteiger partial charge in [-0.2, -0.15) is 11.3 Å². The van der Waals surface area contributed by atoms with Crippen LogP contribution in [0.1, 0.15) is 15.9 Å². The molecule has 1 aromatic heterocycles. The molecule has 1 heterocycles. The molecule has 0 aliphatic carbocycles. The van der Waals surface area contributed by atoms with E-state index in [0.29, 0.717) is 11.1 Å². The van der Waals surface area contributed by atoms with Crippen molar-refractivity contribution in [2.45, 2.75) is 4.90 Å². The Labute approximate surface area is 118 Å². The summed E-state index contributed by atoms with van der Waals surface area (Å²) in [5.41, 5.74) is 0.919. The van der Waals surface area contributed by atoms with Crippen molar-refractivity contribution in [3.63, 3.8) is 0 Å². The first-order chi connectivity index (χ1) is 8.39. The lowest BCUT2D eigenvalue weighted by Gasteiger charge is -2.02. The second kappa shape index (κ2) is 4.95. The number of halogens is 1. The SMILES string of the molecule is CS(=O)(=O)c1cccc(C(=O)c2cscc2Br)c1. The Kier molecular flexibility index (Phi) is 3.70. The number of carbonyl (C=O) groups is 1. The first-order valence-electron chi connectivity index (χ1n) is 4.96. The summed E-state index contributed by atoms with van der Waals surface area (Å²) < 4.78 is 23.6. The van der Waals surface area contributed by atoms with Crippen LogP contribution in [0.25, 0.3) is 0 Å². The van der Waals surface area contributed by atoms with E-state index in [1.165, 1.54) is 23.5 Å². The van der Waals surface area contributed by atoms with Gasteiger partial charge in [0.05, 0.1) is 4.90 Å². The van der Waals surface area contributed by atoms with Crippen molar-refractivity contribution in [1.82, 2.24) is 0 Å². The van der Waals surface area contributed by atoms with E-state index in [9.17, 15) is 13.2 Å². The Bertz CT molecular complexity index is 702. The Morgan fingerprint density at radius 1 is 1.28 bits per heavy atom. The zero-order valence-corrected chi connectivity index (χ0v) is 12.6. The minimum atomic E-state index is -3.30. The second-order valence-corrected chi connectivity index (χ2v) is 7.38. The summed E-state index contributed by atoms with van der Waals surface area (Å²) >= 11 is 4.71. The van der Waals surface area contributed by atoms with Crippen molar-refractivity contribution in [1.29, 1.82) is 0 Å². The Hall–Kier alpha value is -0.980. The van der Waals surface area contributed by atoms with Gasteiger partial charge in [-0.15, -0.1) is 0 Å². The van der Waals surface area contributed by atoms with Gasteiger partial charge in [0.15, 0.2) is 15.6 Å². The van der Waals surface area contributed by atoms with Crippen LogP contribution in [-0.4, -0.2) is 20.5 Å². The number of sulfone groups is 1. The molecule has 2 aromatic rings. The molecule has 0 fully saturated rings. The average molecular weight is 345 g/mol. The molecule has 1 aromatic carbocycles. The molecule has 0 bridgehead atoms. The van der Waals surface area contributed by atoms with E-state index in [4.69, 9.17) is 0 Å². The predicted octanol–water partition coefficient (Wildman–Crippen LogP) is 3.15. The molecule has 0 atom stereocenters. The first kappa shape index (κ1) is 13.5. The van der Waals surface area contributed by atoms with E-state index in [-0.39, 0.29) is 10.7 Å². The maximum Gasteiger partial charge on any atom is 0.195 e. The van der Waals surface area contributed by atoms with Crippen LogP contribution >= 0.6 is 27.3 Å². The molecular weight excluding hydrogens is 336 g/mol. The lowest BCUT2D eigenvalue weighted by molar-refractivity contribution is 0.103. The molecule has 2 rings (SSSR count). The zero-order valence-electron chi connectivity index (χ0n) is 9.38. The van der Waals surface area contributed by atoms with Gasteiger partial charge in [-0.1, -0.05) is 12.1 Å². The van der Waals surface area contributed by atoms with Crippen molar-refractivity contribution in [2.75, 3.05) is 6.26 Å². The third-order valence-corrected chi connectivity index (χ3v) is 5.20. The molecule has 0 aliphatic rings. The molecule has 0 spiro atoms. The second-order valence-electron chi connectivity index (χ2n) is 3.76. The smallest absolute Gasteiger partial charge is 0.195 e. The molecule has 6 heteroatoms. The predicted molar refractivity (Wildman–Crippen MR) is 75.0 cm³/mol. The summed E-state index contributed by atoms with van der Waals surface area (Å²) in [6.07, 6.45) is 1.12. The highest BCUT2D eigenvalue weighted by Gasteiger charge is 2.15. The van der Waals surface area contributed by atoms with Crippen molar-refractivity contribution < 1.29 is 13.2 Å². The molecule has 18 heavy (non-hydrogen) atoms. The van der Waals surface area contributed by atoms with Gasteiger partial charge in [0.2, 0.25) is 0 Å². The number of hydrogen-bond donors (Lipinski definition) is 0. The standard InChI is InChI=1S/C12H9BrO3S2/c1-18(15,16)9-4-2-3-8(5-9)12(14)10-6-17-7-11(10)13/h2-7H,1H3. The van der Waals surface area contributed by atoms with Crippen LogP contribution in [-0.2, 0) is 9.84 Å². The van der Waals surface area contributed by atoms with Crippen molar-refractivity contribution in [3.05, 3.63) is 50.6 Å². The van der Waals surface area contributed by atoms with E-state index in [1.54, 1.807) is 17.5 Å². The number of thiophene rings is 1. The normalized spacial score (nSPS) is 11.4. The van der Waals surface area contributed by atoms with Gasteiger partial charge in [0.25, 0.3) is 0 Å². The van der Waals surface area contributed by atoms with Gasteiger partial charge in [-0.05, 0) is 28.1 Å². The quantitative estimate of drug-likeness (QED) is 0.803. The van der Waals surface area contributed by atoms with Crippen LogP contribution in [0.4, 0.5) is 0 Å². The summed E-state index contributed by atoms with van der Waals surface area (Å²) in [5, 5.41) is 3.55. The molecule has 0 saturated carbocycles. The molecule has 0 saturated heterocycles. The van der Waals surface area contributed by atoms with E-state index in [2.05, 4.69) is 15.9 Å². The van der Waals surface area contributed by atoms with E-state index in [1.807, 2.05) is 5.38 Å². The highest BCUT2D eigenvalue weighted by atomic mass is 79.9. The number of rotatable bonds is 3. The van der Waals surface area contributed by atoms with Crippen LogP contribution in [0.3, 0.4) is 0 Å². The van der Waals surface area contributed by atoms with Crippen LogP contribution in [0.5, 0.6) is 0 Å². The number of ketones is 1. The van der Waals surface area contributed by atoms with Crippen LogP contribution in [0, 0.1) is 0 Å². The largest absolute Gasteiger partial charge is 0.289 e. The zero-order chi connectivity index (χ0) is 13.3. The molecule has 0 N–H and O–H groups in total. The van der Waals surface area contributed by atoms with Crippen LogP contribution < -0.4 is 0 Å². The minimum absolute atomic E-state index is 0.153. The van der Waals surface area contributed by atoms with Crippen molar-refractivity contribution >= 4 is 42.9 Å².